The van der Waals surface area contributed by atoms with Gasteiger partial charge >= 0.3 is 0 Å². The second-order valence-electron chi connectivity index (χ2n) is 6.14. The molecular formula is C17H23N3OS. The molecule has 0 fully saturated rings. The van der Waals surface area contributed by atoms with E-state index in [1.807, 2.05) is 13.0 Å². The second-order valence-corrected chi connectivity index (χ2v) is 6.53. The van der Waals surface area contributed by atoms with E-state index in [1.54, 1.807) is 0 Å². The fraction of sp³-hybridized carbons (Fsp3) is 0.471. The summed E-state index contributed by atoms with van der Waals surface area (Å²) in [5.74, 6) is 0.957. The zero-order valence-electron chi connectivity index (χ0n) is 13.6. The predicted octanol–water partition coefficient (Wildman–Crippen LogP) is 4.23. The molecule has 0 saturated heterocycles. The fourth-order valence-corrected chi connectivity index (χ4v) is 3.42. The van der Waals surface area contributed by atoms with Crippen molar-refractivity contribution in [2.24, 2.45) is 0 Å². The molecule has 0 amide bonds. The summed E-state index contributed by atoms with van der Waals surface area (Å²) in [4.78, 5) is 5.70. The third-order valence-corrected chi connectivity index (χ3v) is 4.40. The van der Waals surface area contributed by atoms with Crippen LogP contribution in [0.15, 0.2) is 23.9 Å². The van der Waals surface area contributed by atoms with Gasteiger partial charge in [-0.25, -0.2) is 0 Å². The number of aromatic amines is 1. The van der Waals surface area contributed by atoms with Gasteiger partial charge in [0, 0.05) is 24.7 Å². The molecule has 0 radical (unpaired) electrons. The van der Waals surface area contributed by atoms with Crippen LogP contribution in [-0.4, -0.2) is 27.1 Å². The lowest BCUT2D eigenvalue weighted by Gasteiger charge is -2.27. The Hall–Kier alpha value is -1.75. The molecule has 118 valence electrons. The zero-order valence-corrected chi connectivity index (χ0v) is 14.5. The van der Waals surface area contributed by atoms with Crippen LogP contribution in [0.25, 0.3) is 11.0 Å². The highest BCUT2D eigenvalue weighted by Crippen LogP contribution is 2.33. The summed E-state index contributed by atoms with van der Waals surface area (Å²) < 4.78 is 8.87. The molecular weight excluding hydrogens is 294 g/mol. The normalized spacial score (nSPS) is 17.5. The van der Waals surface area contributed by atoms with Crippen LogP contribution in [-0.2, 0) is 13.1 Å². The summed E-state index contributed by atoms with van der Waals surface area (Å²) in [7, 11) is 0. The summed E-state index contributed by atoms with van der Waals surface area (Å²) in [5.41, 5.74) is 4.80. The number of hydrogen-bond acceptors (Lipinski definition) is 3. The van der Waals surface area contributed by atoms with Gasteiger partial charge in [0.25, 0.3) is 0 Å². The Balaban J connectivity index is 2.22. The molecule has 22 heavy (non-hydrogen) atoms. The minimum absolute atomic E-state index is 0.377. The van der Waals surface area contributed by atoms with Gasteiger partial charge in [0.05, 0.1) is 17.6 Å². The lowest BCUT2D eigenvalue weighted by atomic mass is 10.1. The van der Waals surface area contributed by atoms with Gasteiger partial charge in [-0.1, -0.05) is 5.57 Å². The van der Waals surface area contributed by atoms with E-state index in [4.69, 9.17) is 17.0 Å². The maximum Gasteiger partial charge on any atom is 0.178 e. The lowest BCUT2D eigenvalue weighted by Crippen LogP contribution is -2.29. The van der Waals surface area contributed by atoms with Crippen molar-refractivity contribution < 1.29 is 4.74 Å². The number of benzene rings is 1. The Bertz CT molecular complexity index is 783. The van der Waals surface area contributed by atoms with Crippen molar-refractivity contribution in [3.8, 4) is 5.75 Å². The van der Waals surface area contributed by atoms with Gasteiger partial charge in [0.2, 0.25) is 0 Å². The smallest absolute Gasteiger partial charge is 0.178 e. The van der Waals surface area contributed by atoms with E-state index < -0.39 is 0 Å². The number of aromatic nitrogens is 2. The highest BCUT2D eigenvalue weighted by Gasteiger charge is 2.24. The Morgan fingerprint density at radius 1 is 1.45 bits per heavy atom. The van der Waals surface area contributed by atoms with Crippen LogP contribution in [0, 0.1) is 4.77 Å². The molecule has 0 spiro atoms. The van der Waals surface area contributed by atoms with Crippen LogP contribution >= 0.6 is 12.2 Å². The average molecular weight is 317 g/mol. The predicted molar refractivity (Wildman–Crippen MR) is 92.7 cm³/mol. The Morgan fingerprint density at radius 3 is 2.91 bits per heavy atom. The number of ether oxygens (including phenoxy) is 1. The minimum atomic E-state index is 0.377. The topological polar surface area (TPSA) is 33.2 Å². The highest BCUT2D eigenvalue weighted by atomic mass is 32.1. The summed E-state index contributed by atoms with van der Waals surface area (Å²) in [6.07, 6.45) is 2.23. The number of H-pyrrole nitrogens is 1. The van der Waals surface area contributed by atoms with Crippen molar-refractivity contribution in [1.29, 1.82) is 0 Å². The molecule has 2 aromatic rings. The number of allylic oxidation sites excluding steroid dienone is 1. The van der Waals surface area contributed by atoms with Gasteiger partial charge in [0.15, 0.2) is 4.77 Å². The van der Waals surface area contributed by atoms with Crippen LogP contribution in [0.2, 0.25) is 0 Å². The van der Waals surface area contributed by atoms with Crippen LogP contribution in [0.4, 0.5) is 0 Å². The van der Waals surface area contributed by atoms with Crippen LogP contribution in [0.3, 0.4) is 0 Å². The molecule has 0 aliphatic carbocycles. The van der Waals surface area contributed by atoms with Gasteiger partial charge in [-0.3, -0.25) is 0 Å². The molecule has 5 heteroatoms. The van der Waals surface area contributed by atoms with Crippen molar-refractivity contribution in [3.63, 3.8) is 0 Å². The number of hydrogen-bond donors (Lipinski definition) is 1. The third kappa shape index (κ3) is 2.54. The van der Waals surface area contributed by atoms with Gasteiger partial charge < -0.3 is 19.2 Å². The summed E-state index contributed by atoms with van der Waals surface area (Å²) >= 11 is 5.53. The van der Waals surface area contributed by atoms with Crippen molar-refractivity contribution in [3.05, 3.63) is 34.2 Å². The van der Waals surface area contributed by atoms with Crippen LogP contribution < -0.4 is 4.74 Å². The minimum Gasteiger partial charge on any atom is -0.493 e. The molecule has 0 saturated carbocycles. The monoisotopic (exact) mass is 317 g/mol. The Morgan fingerprint density at radius 2 is 2.23 bits per heavy atom. The molecule has 1 atom stereocenters. The molecule has 1 N–H and O–H groups in total. The first-order valence-corrected chi connectivity index (χ1v) is 8.20. The molecule has 1 aliphatic heterocycles. The largest absolute Gasteiger partial charge is 0.493 e. The SMILES string of the molecule is CCOc1ccc2[nH]c(=S)n3c2c1CN(C=C(C)C)[C@@H](C)C3. The van der Waals surface area contributed by atoms with Gasteiger partial charge in [0.1, 0.15) is 5.75 Å². The molecule has 2 heterocycles. The number of imidazole rings is 1. The molecule has 1 aromatic carbocycles. The van der Waals surface area contributed by atoms with Crippen molar-refractivity contribution in [1.82, 2.24) is 14.5 Å². The van der Waals surface area contributed by atoms with E-state index in [0.717, 1.165) is 29.1 Å². The molecule has 3 rings (SSSR count). The van der Waals surface area contributed by atoms with Crippen molar-refractivity contribution in [2.75, 3.05) is 6.61 Å². The summed E-state index contributed by atoms with van der Waals surface area (Å²) in [5, 5.41) is 0. The Kier molecular flexibility index (Phi) is 4.00. The first kappa shape index (κ1) is 15.2. The van der Waals surface area contributed by atoms with Crippen LogP contribution in [0.1, 0.15) is 33.3 Å². The third-order valence-electron chi connectivity index (χ3n) is 4.07. The van der Waals surface area contributed by atoms with E-state index >= 15 is 0 Å². The first-order valence-electron chi connectivity index (χ1n) is 7.79. The maximum atomic E-state index is 5.87. The fourth-order valence-electron chi connectivity index (χ4n) is 3.14. The zero-order chi connectivity index (χ0) is 15.9. The summed E-state index contributed by atoms with van der Waals surface area (Å²) in [6.45, 7) is 10.9. The first-order chi connectivity index (χ1) is 10.5. The molecule has 0 unspecified atom stereocenters. The molecule has 1 aliphatic rings. The van der Waals surface area contributed by atoms with Crippen molar-refractivity contribution in [2.45, 2.75) is 46.8 Å². The van der Waals surface area contributed by atoms with E-state index in [9.17, 15) is 0 Å². The van der Waals surface area contributed by atoms with Gasteiger partial charge in [-0.2, -0.15) is 0 Å². The maximum absolute atomic E-state index is 5.87. The van der Waals surface area contributed by atoms with E-state index in [1.165, 1.54) is 16.7 Å². The quantitative estimate of drug-likeness (QED) is 0.860. The number of nitrogens with zero attached hydrogens (tertiary/aromatic N) is 2. The van der Waals surface area contributed by atoms with Crippen LogP contribution in [0.5, 0.6) is 5.75 Å². The molecule has 4 nitrogen and oxygen atoms in total. The number of nitrogens with one attached hydrogen (secondary N) is 1. The van der Waals surface area contributed by atoms with Crippen molar-refractivity contribution >= 4 is 23.3 Å². The van der Waals surface area contributed by atoms with E-state index in [2.05, 4.69) is 47.5 Å². The average Bonchev–Trinajstić information content (AvgIpc) is 2.68. The van der Waals surface area contributed by atoms with Gasteiger partial charge in [-0.15, -0.1) is 0 Å². The molecule has 0 bridgehead atoms. The standard InChI is InChI=1S/C17H23N3OS/c1-5-21-15-7-6-14-16-13(15)10-19(8-11(2)3)12(4)9-20(16)17(22)18-14/h6-8,12H,5,9-10H2,1-4H3,(H,18,22)/t12-/m0/s1. The highest BCUT2D eigenvalue weighted by molar-refractivity contribution is 7.71. The number of rotatable bonds is 3. The van der Waals surface area contributed by atoms with E-state index in [0.29, 0.717) is 12.6 Å². The van der Waals surface area contributed by atoms with E-state index in [-0.39, 0.29) is 0 Å². The summed E-state index contributed by atoms with van der Waals surface area (Å²) in [6, 6.07) is 4.49. The second kappa shape index (κ2) is 5.80. The lowest BCUT2D eigenvalue weighted by molar-refractivity contribution is 0.261. The Labute approximate surface area is 136 Å². The molecule has 1 aromatic heterocycles. The van der Waals surface area contributed by atoms with Gasteiger partial charge in [-0.05, 0) is 58.2 Å².